The van der Waals surface area contributed by atoms with Crippen molar-refractivity contribution in [1.82, 2.24) is 5.32 Å². The van der Waals surface area contributed by atoms with Crippen LogP contribution in [-0.2, 0) is 16.2 Å². The summed E-state index contributed by atoms with van der Waals surface area (Å²) >= 11 is 3.55. The Labute approximate surface area is 234 Å². The largest absolute Gasteiger partial charge is 0.493 e. The van der Waals surface area contributed by atoms with E-state index >= 15 is 0 Å². The number of barbiturate groups is 1. The summed E-state index contributed by atoms with van der Waals surface area (Å²) in [6.07, 6.45) is 1.43. The summed E-state index contributed by atoms with van der Waals surface area (Å²) in [5, 5.41) is 4.49. The smallest absolute Gasteiger partial charge is 0.335 e. The van der Waals surface area contributed by atoms with Crippen molar-refractivity contribution < 1.29 is 23.9 Å². The van der Waals surface area contributed by atoms with E-state index in [2.05, 4.69) is 33.4 Å². The molecule has 7 nitrogen and oxygen atoms in total. The molecule has 1 N–H and O–H groups in total. The van der Waals surface area contributed by atoms with Crippen molar-refractivity contribution in [1.29, 1.82) is 0 Å². The second-order valence-electron chi connectivity index (χ2n) is 9.21. The lowest BCUT2D eigenvalue weighted by atomic mass is 10.0. The number of urea groups is 1. The molecule has 39 heavy (non-hydrogen) atoms. The van der Waals surface area contributed by atoms with Gasteiger partial charge in [0.25, 0.3) is 11.8 Å². The first-order chi connectivity index (χ1) is 18.8. The highest BCUT2D eigenvalue weighted by molar-refractivity contribution is 9.10. The first kappa shape index (κ1) is 26.2. The van der Waals surface area contributed by atoms with E-state index in [1.165, 1.54) is 13.2 Å². The van der Waals surface area contributed by atoms with Gasteiger partial charge in [-0.1, -0.05) is 60.2 Å². The van der Waals surface area contributed by atoms with E-state index < -0.39 is 17.8 Å². The summed E-state index contributed by atoms with van der Waals surface area (Å²) in [6, 6.07) is 22.1. The third-order valence-electron chi connectivity index (χ3n) is 6.51. The predicted octanol–water partition coefficient (Wildman–Crippen LogP) is 6.47. The second-order valence-corrected chi connectivity index (χ2v) is 10.1. The van der Waals surface area contributed by atoms with Gasteiger partial charge in [0.1, 0.15) is 12.2 Å². The molecule has 0 aromatic heterocycles. The summed E-state index contributed by atoms with van der Waals surface area (Å²) in [5.41, 5.74) is 3.51. The number of benzene rings is 4. The number of rotatable bonds is 6. The number of carbonyl (C=O) groups is 3. The molecular formula is C31H25BrN2O5. The maximum Gasteiger partial charge on any atom is 0.335 e. The average Bonchev–Trinajstić information content (AvgIpc) is 2.91. The van der Waals surface area contributed by atoms with Crippen molar-refractivity contribution in [3.8, 4) is 11.5 Å². The standard InChI is InChI=1S/C31H25BrN2O5/c1-18-11-12-26(19(2)13-18)34-30(36)24(29(35)33-31(34)37)14-20-15-25(32)28(27(16-20)38-3)39-17-22-9-6-8-21-7-4-5-10-23(21)22/h4-16H,17H2,1-3H3,(H,33,35,37)/b24-14+. The molecule has 0 unspecified atom stereocenters. The van der Waals surface area contributed by atoms with E-state index in [1.807, 2.05) is 56.3 Å². The Bertz CT molecular complexity index is 1670. The monoisotopic (exact) mass is 584 g/mol. The summed E-state index contributed by atoms with van der Waals surface area (Å²) in [6.45, 7) is 4.04. The number of amides is 4. The van der Waals surface area contributed by atoms with Crippen LogP contribution >= 0.6 is 15.9 Å². The van der Waals surface area contributed by atoms with E-state index in [0.29, 0.717) is 33.8 Å². The van der Waals surface area contributed by atoms with Gasteiger partial charge in [-0.25, -0.2) is 9.69 Å². The Hall–Kier alpha value is -4.43. The van der Waals surface area contributed by atoms with Crippen molar-refractivity contribution in [2.24, 2.45) is 0 Å². The van der Waals surface area contributed by atoms with Gasteiger partial charge in [-0.05, 0) is 81.5 Å². The number of ether oxygens (including phenoxy) is 2. The number of fused-ring (bicyclic) bond motifs is 1. The van der Waals surface area contributed by atoms with Crippen molar-refractivity contribution in [3.63, 3.8) is 0 Å². The summed E-state index contributed by atoms with van der Waals surface area (Å²) < 4.78 is 12.3. The maximum absolute atomic E-state index is 13.4. The summed E-state index contributed by atoms with van der Waals surface area (Å²) in [7, 11) is 1.52. The normalized spacial score (nSPS) is 14.6. The molecule has 1 heterocycles. The fourth-order valence-corrected chi connectivity index (χ4v) is 5.20. The van der Waals surface area contributed by atoms with Crippen LogP contribution in [0.15, 0.2) is 82.8 Å². The molecular weight excluding hydrogens is 560 g/mol. The van der Waals surface area contributed by atoms with Gasteiger partial charge in [0.05, 0.1) is 17.3 Å². The van der Waals surface area contributed by atoms with Crippen LogP contribution in [0.5, 0.6) is 11.5 Å². The zero-order valence-corrected chi connectivity index (χ0v) is 23.2. The number of halogens is 1. The molecule has 4 amide bonds. The number of carbonyl (C=O) groups excluding carboxylic acids is 3. The number of aryl methyl sites for hydroxylation is 2. The molecule has 0 radical (unpaired) electrons. The lowest BCUT2D eigenvalue weighted by Crippen LogP contribution is -2.54. The van der Waals surface area contributed by atoms with Crippen LogP contribution in [-0.4, -0.2) is 25.0 Å². The highest BCUT2D eigenvalue weighted by Gasteiger charge is 2.37. The van der Waals surface area contributed by atoms with Gasteiger partial charge in [-0.3, -0.25) is 14.9 Å². The molecule has 4 aromatic rings. The summed E-state index contributed by atoms with van der Waals surface area (Å²) in [5.74, 6) is -0.569. The third kappa shape index (κ3) is 5.15. The van der Waals surface area contributed by atoms with Crippen LogP contribution < -0.4 is 19.7 Å². The zero-order chi connectivity index (χ0) is 27.7. The van der Waals surface area contributed by atoms with Gasteiger partial charge >= 0.3 is 6.03 Å². The Morgan fingerprint density at radius 3 is 2.49 bits per heavy atom. The number of nitrogens with one attached hydrogen (secondary N) is 1. The highest BCUT2D eigenvalue weighted by atomic mass is 79.9. The quantitative estimate of drug-likeness (QED) is 0.207. The SMILES string of the molecule is COc1cc(/C=C2\C(=O)NC(=O)N(c3ccc(C)cc3C)C2=O)cc(Br)c1OCc1cccc2ccccc12. The first-order valence-electron chi connectivity index (χ1n) is 12.2. The number of hydrogen-bond donors (Lipinski definition) is 1. The molecule has 196 valence electrons. The topological polar surface area (TPSA) is 84.9 Å². The molecule has 0 bridgehead atoms. The van der Waals surface area contributed by atoms with E-state index in [9.17, 15) is 14.4 Å². The third-order valence-corrected chi connectivity index (χ3v) is 7.10. The molecule has 0 spiro atoms. The lowest BCUT2D eigenvalue weighted by molar-refractivity contribution is -0.122. The predicted molar refractivity (Wildman–Crippen MR) is 154 cm³/mol. The molecule has 5 rings (SSSR count). The van der Waals surface area contributed by atoms with Crippen molar-refractivity contribution >= 4 is 56.3 Å². The van der Waals surface area contributed by atoms with Crippen LogP contribution in [0.25, 0.3) is 16.8 Å². The van der Waals surface area contributed by atoms with Crippen molar-refractivity contribution in [2.75, 3.05) is 12.0 Å². The van der Waals surface area contributed by atoms with Gasteiger partial charge in [0.15, 0.2) is 11.5 Å². The fourth-order valence-electron chi connectivity index (χ4n) is 4.63. The minimum atomic E-state index is -0.787. The molecule has 0 aliphatic carbocycles. The van der Waals surface area contributed by atoms with Crippen LogP contribution in [0.1, 0.15) is 22.3 Å². The number of imide groups is 2. The molecule has 1 saturated heterocycles. The van der Waals surface area contributed by atoms with Gasteiger partial charge in [0, 0.05) is 0 Å². The number of anilines is 1. The number of methoxy groups -OCH3 is 1. The van der Waals surface area contributed by atoms with E-state index in [0.717, 1.165) is 32.4 Å². The maximum atomic E-state index is 13.4. The molecule has 1 fully saturated rings. The first-order valence-corrected chi connectivity index (χ1v) is 13.0. The number of nitrogens with zero attached hydrogens (tertiary/aromatic N) is 1. The Morgan fingerprint density at radius 1 is 0.949 bits per heavy atom. The Kier molecular flexibility index (Phi) is 7.21. The molecule has 8 heteroatoms. The minimum Gasteiger partial charge on any atom is -0.493 e. The van der Waals surface area contributed by atoms with Gasteiger partial charge < -0.3 is 9.47 Å². The molecule has 1 aliphatic heterocycles. The van der Waals surface area contributed by atoms with Crippen LogP contribution in [0, 0.1) is 13.8 Å². The molecule has 0 saturated carbocycles. The van der Waals surface area contributed by atoms with E-state index in [4.69, 9.17) is 9.47 Å². The number of hydrogen-bond acceptors (Lipinski definition) is 5. The Morgan fingerprint density at radius 2 is 1.72 bits per heavy atom. The fraction of sp³-hybridized carbons (Fsp3) is 0.129. The van der Waals surface area contributed by atoms with E-state index in [-0.39, 0.29) is 5.57 Å². The summed E-state index contributed by atoms with van der Waals surface area (Å²) in [4.78, 5) is 39.7. The van der Waals surface area contributed by atoms with Gasteiger partial charge in [-0.2, -0.15) is 0 Å². The average molecular weight is 585 g/mol. The molecule has 4 aromatic carbocycles. The highest BCUT2D eigenvalue weighted by Crippen LogP contribution is 2.38. The van der Waals surface area contributed by atoms with Gasteiger partial charge in [0.2, 0.25) is 0 Å². The van der Waals surface area contributed by atoms with Crippen LogP contribution in [0.4, 0.5) is 10.5 Å². The minimum absolute atomic E-state index is 0.173. The molecule has 1 aliphatic rings. The van der Waals surface area contributed by atoms with Crippen molar-refractivity contribution in [2.45, 2.75) is 20.5 Å². The molecule has 0 atom stereocenters. The second kappa shape index (κ2) is 10.7. The lowest BCUT2D eigenvalue weighted by Gasteiger charge is -2.27. The van der Waals surface area contributed by atoms with Gasteiger partial charge in [-0.15, -0.1) is 0 Å². The Balaban J connectivity index is 1.45. The zero-order valence-electron chi connectivity index (χ0n) is 21.6. The van der Waals surface area contributed by atoms with Crippen molar-refractivity contribution in [3.05, 3.63) is 105 Å². The van der Waals surface area contributed by atoms with Crippen LogP contribution in [0.3, 0.4) is 0 Å². The van der Waals surface area contributed by atoms with Crippen LogP contribution in [0.2, 0.25) is 0 Å². The van der Waals surface area contributed by atoms with E-state index in [1.54, 1.807) is 18.2 Å².